The Labute approximate surface area is 192 Å². The van der Waals surface area contributed by atoms with Crippen molar-refractivity contribution >= 4 is 22.7 Å². The van der Waals surface area contributed by atoms with Gasteiger partial charge in [0, 0.05) is 53.2 Å². The van der Waals surface area contributed by atoms with Crippen LogP contribution < -0.4 is 9.47 Å². The van der Waals surface area contributed by atoms with Gasteiger partial charge < -0.3 is 14.5 Å². The summed E-state index contributed by atoms with van der Waals surface area (Å²) in [7, 11) is 3.38. The lowest BCUT2D eigenvalue weighted by Gasteiger charge is -2.36. The lowest BCUT2D eigenvalue weighted by atomic mass is 9.91. The van der Waals surface area contributed by atoms with Gasteiger partial charge in [0.2, 0.25) is 0 Å². The lowest BCUT2D eigenvalue weighted by Crippen LogP contribution is -2.36. The summed E-state index contributed by atoms with van der Waals surface area (Å²) in [5.41, 5.74) is 5.93. The van der Waals surface area contributed by atoms with E-state index in [0.29, 0.717) is 0 Å². The fourth-order valence-electron chi connectivity index (χ4n) is 4.71. The van der Waals surface area contributed by atoms with Crippen molar-refractivity contribution in [1.29, 1.82) is 0 Å². The van der Waals surface area contributed by atoms with Gasteiger partial charge in [0.25, 0.3) is 0 Å². The van der Waals surface area contributed by atoms with Crippen LogP contribution in [-0.2, 0) is 13.0 Å². The molecule has 164 valence electrons. The summed E-state index contributed by atoms with van der Waals surface area (Å²) in [5, 5.41) is 2.08. The van der Waals surface area contributed by atoms with E-state index in [1.54, 1.807) is 26.0 Å². The van der Waals surface area contributed by atoms with Crippen molar-refractivity contribution < 1.29 is 9.47 Å². The van der Waals surface area contributed by atoms with Gasteiger partial charge in [-0.2, -0.15) is 0 Å². The van der Waals surface area contributed by atoms with Crippen molar-refractivity contribution in [3.05, 3.63) is 77.2 Å². The second-order valence-corrected chi connectivity index (χ2v) is 8.62. The molecule has 3 heterocycles. The summed E-state index contributed by atoms with van der Waals surface area (Å²) in [6.45, 7) is 1.67. The van der Waals surface area contributed by atoms with Crippen LogP contribution in [0.1, 0.15) is 28.4 Å². The van der Waals surface area contributed by atoms with E-state index in [-0.39, 0.29) is 6.04 Å². The van der Waals surface area contributed by atoms with E-state index in [9.17, 15) is 0 Å². The molecule has 1 N–H and O–H groups in total. The minimum Gasteiger partial charge on any atom is -0.493 e. The molecule has 1 aliphatic rings. The van der Waals surface area contributed by atoms with E-state index in [1.807, 2.05) is 30.8 Å². The molecule has 2 aromatic carbocycles. The van der Waals surface area contributed by atoms with Crippen molar-refractivity contribution in [3.63, 3.8) is 0 Å². The maximum Gasteiger partial charge on any atom is 0.187 e. The zero-order valence-corrected chi connectivity index (χ0v) is 19.3. The molecule has 1 aliphatic heterocycles. The highest BCUT2D eigenvalue weighted by Gasteiger charge is 2.34. The van der Waals surface area contributed by atoms with Crippen LogP contribution in [0.5, 0.6) is 11.5 Å². The molecule has 2 aromatic heterocycles. The maximum absolute atomic E-state index is 5.85. The number of ether oxygens (including phenoxy) is 2. The van der Waals surface area contributed by atoms with Crippen LogP contribution in [0.2, 0.25) is 0 Å². The van der Waals surface area contributed by atoms with Crippen LogP contribution in [0.25, 0.3) is 10.9 Å². The average molecular weight is 447 g/mol. The third kappa shape index (κ3) is 3.61. The summed E-state index contributed by atoms with van der Waals surface area (Å²) in [5.74, 6) is 1.51. The number of aromatic amines is 1. The first-order chi connectivity index (χ1) is 15.7. The molecule has 5 rings (SSSR count). The van der Waals surface area contributed by atoms with Gasteiger partial charge in [0.05, 0.1) is 20.3 Å². The number of methoxy groups -OCH3 is 2. The van der Waals surface area contributed by atoms with Gasteiger partial charge in [-0.05, 0) is 30.4 Å². The van der Waals surface area contributed by atoms with Gasteiger partial charge in [-0.15, -0.1) is 0 Å². The van der Waals surface area contributed by atoms with E-state index in [1.165, 1.54) is 22.2 Å². The highest BCUT2D eigenvalue weighted by atomic mass is 32.2. The highest BCUT2D eigenvalue weighted by molar-refractivity contribution is 7.98. The van der Waals surface area contributed by atoms with E-state index in [0.717, 1.165) is 47.3 Å². The Kier molecular flexibility index (Phi) is 5.76. The quantitative estimate of drug-likeness (QED) is 0.338. The zero-order chi connectivity index (χ0) is 22.1. The molecule has 0 unspecified atom stereocenters. The molecule has 0 bridgehead atoms. The molecule has 0 aliphatic carbocycles. The minimum atomic E-state index is -0.00331. The molecule has 0 fully saturated rings. The number of para-hydroxylation sites is 2. The number of aromatic nitrogens is 3. The third-order valence-electron chi connectivity index (χ3n) is 6.11. The van der Waals surface area contributed by atoms with Gasteiger partial charge in [0.15, 0.2) is 16.7 Å². The molecule has 32 heavy (non-hydrogen) atoms. The Morgan fingerprint density at radius 2 is 1.88 bits per heavy atom. The number of thioether (sulfide) groups is 1. The molecule has 7 heteroatoms. The van der Waals surface area contributed by atoms with Crippen LogP contribution in [0.4, 0.5) is 0 Å². The largest absolute Gasteiger partial charge is 0.493 e. The first-order valence-electron chi connectivity index (χ1n) is 10.6. The van der Waals surface area contributed by atoms with E-state index in [4.69, 9.17) is 9.47 Å². The number of nitrogens with zero attached hydrogens (tertiary/aromatic N) is 3. The number of H-pyrrole nitrogens is 1. The second kappa shape index (κ2) is 8.84. The number of fused-ring (bicyclic) bond motifs is 3. The first kappa shape index (κ1) is 20.8. The Morgan fingerprint density at radius 3 is 2.62 bits per heavy atom. The minimum absolute atomic E-state index is 0.00331. The van der Waals surface area contributed by atoms with Crippen molar-refractivity contribution in [2.45, 2.75) is 24.2 Å². The van der Waals surface area contributed by atoms with Crippen LogP contribution >= 0.6 is 11.8 Å². The summed E-state index contributed by atoms with van der Waals surface area (Å²) >= 11 is 1.55. The van der Waals surface area contributed by atoms with Crippen molar-refractivity contribution in [2.75, 3.05) is 27.0 Å². The second-order valence-electron chi connectivity index (χ2n) is 7.85. The van der Waals surface area contributed by atoms with E-state index >= 15 is 0 Å². The zero-order valence-electron chi connectivity index (χ0n) is 18.5. The summed E-state index contributed by atoms with van der Waals surface area (Å²) in [6, 6.07) is 14.6. The molecule has 6 nitrogen and oxygen atoms in total. The Balaban J connectivity index is 1.64. The summed E-state index contributed by atoms with van der Waals surface area (Å²) in [4.78, 5) is 15.1. The first-order valence-corrected chi connectivity index (χ1v) is 11.8. The third-order valence-corrected chi connectivity index (χ3v) is 6.69. The van der Waals surface area contributed by atoms with Crippen LogP contribution in [-0.4, -0.2) is 46.9 Å². The average Bonchev–Trinajstić information content (AvgIpc) is 3.22. The van der Waals surface area contributed by atoms with Gasteiger partial charge in [-0.3, -0.25) is 4.90 Å². The normalized spacial score (nSPS) is 16.2. The molecule has 0 spiro atoms. The molecular formula is C25H26N4O2S. The standard InChI is InChI=1S/C25H26N4O2S/c1-30-21-10-6-8-19(24(21)31-2)23-22-18(17-7-4-5-9-20(17)28-22)11-12-29(23)15-16-13-26-25(32-3)27-14-16/h4-10,13-14,23,28H,11-12,15H2,1-3H3/t23-/m0/s1. The molecule has 0 saturated carbocycles. The SMILES string of the molecule is COc1cccc([C@H]2c3[nH]c4ccccc4c3CCN2Cc2cnc(SC)nc2)c1OC. The van der Waals surface area contributed by atoms with Gasteiger partial charge in [0.1, 0.15) is 0 Å². The van der Waals surface area contributed by atoms with E-state index in [2.05, 4.69) is 50.2 Å². The molecule has 0 saturated heterocycles. The summed E-state index contributed by atoms with van der Waals surface area (Å²) in [6.07, 6.45) is 6.83. The molecular weight excluding hydrogens is 420 g/mol. The number of benzene rings is 2. The highest BCUT2D eigenvalue weighted by Crippen LogP contribution is 2.44. The Morgan fingerprint density at radius 1 is 1.06 bits per heavy atom. The molecule has 4 aromatic rings. The predicted molar refractivity (Wildman–Crippen MR) is 128 cm³/mol. The Hall–Kier alpha value is -3.03. The lowest BCUT2D eigenvalue weighted by molar-refractivity contribution is 0.197. The maximum atomic E-state index is 5.85. The molecule has 0 amide bonds. The predicted octanol–water partition coefficient (Wildman–Crippen LogP) is 4.84. The smallest absolute Gasteiger partial charge is 0.187 e. The number of hydrogen-bond acceptors (Lipinski definition) is 6. The number of rotatable bonds is 6. The number of hydrogen-bond donors (Lipinski definition) is 1. The van der Waals surface area contributed by atoms with Crippen LogP contribution in [0.15, 0.2) is 60.0 Å². The monoisotopic (exact) mass is 446 g/mol. The fourth-order valence-corrected chi connectivity index (χ4v) is 5.02. The fraction of sp³-hybridized carbons (Fsp3) is 0.280. The van der Waals surface area contributed by atoms with Crippen molar-refractivity contribution in [2.24, 2.45) is 0 Å². The van der Waals surface area contributed by atoms with Crippen molar-refractivity contribution in [3.8, 4) is 11.5 Å². The topological polar surface area (TPSA) is 63.3 Å². The van der Waals surface area contributed by atoms with Crippen LogP contribution in [0, 0.1) is 0 Å². The van der Waals surface area contributed by atoms with Crippen LogP contribution in [0.3, 0.4) is 0 Å². The van der Waals surface area contributed by atoms with Gasteiger partial charge in [-0.25, -0.2) is 9.97 Å². The number of nitrogens with one attached hydrogen (secondary N) is 1. The van der Waals surface area contributed by atoms with Crippen molar-refractivity contribution in [1.82, 2.24) is 19.9 Å². The molecule has 0 radical (unpaired) electrons. The van der Waals surface area contributed by atoms with Gasteiger partial charge in [-0.1, -0.05) is 42.1 Å². The molecule has 1 atom stereocenters. The summed E-state index contributed by atoms with van der Waals surface area (Å²) < 4.78 is 11.5. The van der Waals surface area contributed by atoms with Gasteiger partial charge >= 0.3 is 0 Å². The van der Waals surface area contributed by atoms with E-state index < -0.39 is 0 Å². The Bertz CT molecular complexity index is 1240.